The molecule has 1 N–H and O–H groups in total. The summed E-state index contributed by atoms with van der Waals surface area (Å²) in [6.07, 6.45) is 4.47. The topological polar surface area (TPSA) is 46.0 Å². The zero-order chi connectivity index (χ0) is 15.0. The van der Waals surface area contributed by atoms with Gasteiger partial charge in [0.25, 0.3) is 0 Å². The van der Waals surface area contributed by atoms with Gasteiger partial charge in [-0.15, -0.1) is 5.10 Å². The van der Waals surface area contributed by atoms with E-state index in [-0.39, 0.29) is 0 Å². The van der Waals surface area contributed by atoms with Gasteiger partial charge in [0.2, 0.25) is 0 Å². The zero-order valence-corrected chi connectivity index (χ0v) is 13.8. The van der Waals surface area contributed by atoms with E-state index in [0.717, 1.165) is 31.9 Å². The second kappa shape index (κ2) is 9.08. The predicted molar refractivity (Wildman–Crippen MR) is 83.6 cm³/mol. The summed E-state index contributed by atoms with van der Waals surface area (Å²) in [4.78, 5) is 2.60. The molecule has 0 saturated heterocycles. The van der Waals surface area contributed by atoms with Crippen molar-refractivity contribution in [1.29, 1.82) is 0 Å². The van der Waals surface area contributed by atoms with Crippen molar-refractivity contribution in [3.63, 3.8) is 0 Å². The molecule has 1 aromatic heterocycles. The van der Waals surface area contributed by atoms with E-state index in [2.05, 4.69) is 48.2 Å². The Kier molecular flexibility index (Phi) is 7.77. The molecule has 0 bridgehead atoms. The van der Waals surface area contributed by atoms with Crippen LogP contribution in [0.4, 0.5) is 0 Å². The van der Waals surface area contributed by atoms with Crippen LogP contribution in [0.5, 0.6) is 0 Å². The van der Waals surface area contributed by atoms with E-state index in [4.69, 9.17) is 0 Å². The predicted octanol–water partition coefficient (Wildman–Crippen LogP) is 2.14. The first-order chi connectivity index (χ1) is 9.60. The highest BCUT2D eigenvalue weighted by Crippen LogP contribution is 2.11. The summed E-state index contributed by atoms with van der Waals surface area (Å²) < 4.78 is 1.96. The Balaban J connectivity index is 2.55. The van der Waals surface area contributed by atoms with Crippen LogP contribution in [-0.4, -0.2) is 46.1 Å². The molecule has 116 valence electrons. The van der Waals surface area contributed by atoms with Crippen molar-refractivity contribution in [2.75, 3.05) is 20.1 Å². The van der Waals surface area contributed by atoms with Crippen molar-refractivity contribution in [1.82, 2.24) is 25.2 Å². The molecule has 1 heterocycles. The summed E-state index contributed by atoms with van der Waals surface area (Å²) in [6.45, 7) is 13.0. The normalized spacial score (nSPS) is 12.0. The third-order valence-electron chi connectivity index (χ3n) is 3.62. The third-order valence-corrected chi connectivity index (χ3v) is 3.62. The molecule has 0 unspecified atom stereocenters. The molecule has 0 aliphatic heterocycles. The lowest BCUT2D eigenvalue weighted by Crippen LogP contribution is -2.39. The third kappa shape index (κ3) is 5.59. The average molecular weight is 281 g/mol. The Morgan fingerprint density at radius 1 is 1.30 bits per heavy atom. The van der Waals surface area contributed by atoms with E-state index >= 15 is 0 Å². The lowest BCUT2D eigenvalue weighted by molar-refractivity contribution is 0.157. The molecular formula is C15H31N5. The molecule has 5 nitrogen and oxygen atoms in total. The van der Waals surface area contributed by atoms with Gasteiger partial charge in [0.05, 0.1) is 12.2 Å². The minimum atomic E-state index is 0.678. The fraction of sp³-hybridized carbons (Fsp3) is 0.867. The summed E-state index contributed by atoms with van der Waals surface area (Å²) >= 11 is 0. The first-order valence-electron chi connectivity index (χ1n) is 7.88. The number of hydrogen-bond donors (Lipinski definition) is 1. The molecule has 1 aromatic rings. The zero-order valence-electron chi connectivity index (χ0n) is 13.8. The van der Waals surface area contributed by atoms with E-state index in [1.54, 1.807) is 0 Å². The Morgan fingerprint density at radius 2 is 2.00 bits per heavy atom. The molecule has 5 heteroatoms. The molecule has 1 rings (SSSR count). The lowest BCUT2D eigenvalue weighted by atomic mass is 10.1. The maximum Gasteiger partial charge on any atom is 0.0964 e. The highest BCUT2D eigenvalue weighted by molar-refractivity contribution is 4.91. The van der Waals surface area contributed by atoms with Crippen molar-refractivity contribution in [3.05, 3.63) is 11.9 Å². The van der Waals surface area contributed by atoms with E-state index in [9.17, 15) is 0 Å². The lowest BCUT2D eigenvalue weighted by Gasteiger charge is -2.31. The second-order valence-electron chi connectivity index (χ2n) is 5.86. The fourth-order valence-electron chi connectivity index (χ4n) is 2.64. The number of nitrogens with zero attached hydrogens (tertiary/aromatic N) is 4. The Labute approximate surface area is 123 Å². The maximum absolute atomic E-state index is 4.20. The quantitative estimate of drug-likeness (QED) is 0.714. The molecule has 0 radical (unpaired) electrons. The van der Waals surface area contributed by atoms with E-state index < -0.39 is 0 Å². The molecule has 0 saturated carbocycles. The van der Waals surface area contributed by atoms with Gasteiger partial charge in [-0.05, 0) is 25.8 Å². The van der Waals surface area contributed by atoms with Crippen LogP contribution < -0.4 is 5.32 Å². The van der Waals surface area contributed by atoms with Crippen LogP contribution in [-0.2, 0) is 13.1 Å². The van der Waals surface area contributed by atoms with Gasteiger partial charge in [-0.1, -0.05) is 32.9 Å². The number of aromatic nitrogens is 3. The van der Waals surface area contributed by atoms with Gasteiger partial charge in [0.15, 0.2) is 0 Å². The van der Waals surface area contributed by atoms with Crippen molar-refractivity contribution < 1.29 is 0 Å². The van der Waals surface area contributed by atoms with E-state index in [0.29, 0.717) is 12.0 Å². The SMILES string of the molecule is CCC(CC)N(CCn1cc(CNC)nn1)CC(C)C. The number of rotatable bonds is 10. The van der Waals surface area contributed by atoms with Gasteiger partial charge < -0.3 is 5.32 Å². The minimum absolute atomic E-state index is 0.678. The summed E-state index contributed by atoms with van der Waals surface area (Å²) in [6, 6.07) is 0.678. The molecule has 0 aliphatic carbocycles. The molecule has 0 spiro atoms. The molecule has 0 fully saturated rings. The first kappa shape index (κ1) is 17.1. The van der Waals surface area contributed by atoms with Crippen LogP contribution >= 0.6 is 0 Å². The number of nitrogens with one attached hydrogen (secondary N) is 1. The van der Waals surface area contributed by atoms with Gasteiger partial charge in [-0.2, -0.15) is 0 Å². The number of hydrogen-bond acceptors (Lipinski definition) is 4. The maximum atomic E-state index is 4.20. The van der Waals surface area contributed by atoms with Crippen LogP contribution in [0.25, 0.3) is 0 Å². The van der Waals surface area contributed by atoms with Gasteiger partial charge in [0, 0.05) is 31.9 Å². The first-order valence-corrected chi connectivity index (χ1v) is 7.88. The summed E-state index contributed by atoms with van der Waals surface area (Å²) in [5.41, 5.74) is 1.01. The monoisotopic (exact) mass is 281 g/mol. The fourth-order valence-corrected chi connectivity index (χ4v) is 2.64. The Morgan fingerprint density at radius 3 is 2.55 bits per heavy atom. The van der Waals surface area contributed by atoms with Crippen LogP contribution in [0.15, 0.2) is 6.20 Å². The largest absolute Gasteiger partial charge is 0.314 e. The smallest absolute Gasteiger partial charge is 0.0964 e. The molecular weight excluding hydrogens is 250 g/mol. The van der Waals surface area contributed by atoms with Gasteiger partial charge >= 0.3 is 0 Å². The minimum Gasteiger partial charge on any atom is -0.314 e. The summed E-state index contributed by atoms with van der Waals surface area (Å²) in [5, 5.41) is 11.5. The van der Waals surface area contributed by atoms with E-state index in [1.807, 2.05) is 17.9 Å². The molecule has 0 atom stereocenters. The van der Waals surface area contributed by atoms with E-state index in [1.165, 1.54) is 12.8 Å². The van der Waals surface area contributed by atoms with Crippen molar-refractivity contribution in [2.24, 2.45) is 5.92 Å². The highest BCUT2D eigenvalue weighted by Gasteiger charge is 2.16. The van der Waals surface area contributed by atoms with Crippen molar-refractivity contribution in [3.8, 4) is 0 Å². The highest BCUT2D eigenvalue weighted by atomic mass is 15.4. The van der Waals surface area contributed by atoms with Crippen molar-refractivity contribution in [2.45, 2.75) is 59.7 Å². The van der Waals surface area contributed by atoms with Crippen LogP contribution in [0.2, 0.25) is 0 Å². The van der Waals surface area contributed by atoms with Crippen LogP contribution in [0, 0.1) is 5.92 Å². The van der Waals surface area contributed by atoms with Crippen molar-refractivity contribution >= 4 is 0 Å². The molecule has 0 amide bonds. The summed E-state index contributed by atoms with van der Waals surface area (Å²) in [5.74, 6) is 0.700. The Bertz CT molecular complexity index is 357. The summed E-state index contributed by atoms with van der Waals surface area (Å²) in [7, 11) is 1.93. The molecule has 0 aromatic carbocycles. The van der Waals surface area contributed by atoms with Crippen LogP contribution in [0.1, 0.15) is 46.2 Å². The van der Waals surface area contributed by atoms with Gasteiger partial charge in [0.1, 0.15) is 0 Å². The van der Waals surface area contributed by atoms with Gasteiger partial charge in [-0.3, -0.25) is 9.58 Å². The second-order valence-corrected chi connectivity index (χ2v) is 5.86. The molecule has 20 heavy (non-hydrogen) atoms. The average Bonchev–Trinajstić information content (AvgIpc) is 2.85. The molecule has 0 aliphatic rings. The standard InChI is InChI=1S/C15H31N5/c1-6-15(7-2)19(11-13(3)4)8-9-20-12-14(10-16-5)17-18-20/h12-13,15-16H,6-11H2,1-5H3. The van der Waals surface area contributed by atoms with Gasteiger partial charge in [-0.25, -0.2) is 0 Å². The Hall–Kier alpha value is -0.940. The van der Waals surface area contributed by atoms with Crippen LogP contribution in [0.3, 0.4) is 0 Å².